The topological polar surface area (TPSA) is 35.5 Å². The molecule has 0 aliphatic heterocycles. The molecule has 0 atom stereocenters. The lowest BCUT2D eigenvalue weighted by Crippen LogP contribution is -2.24. The molecule has 1 aliphatic rings. The third-order valence-electron chi connectivity index (χ3n) is 3.29. The summed E-state index contributed by atoms with van der Waals surface area (Å²) in [7, 11) is 1.65. The molecule has 0 saturated heterocycles. The number of ether oxygens (including phenoxy) is 2. The van der Waals surface area contributed by atoms with E-state index in [1.54, 1.807) is 7.11 Å². The Hall–Kier alpha value is -1.29. The van der Waals surface area contributed by atoms with Gasteiger partial charge in [-0.3, -0.25) is 4.79 Å². The number of esters is 1. The Bertz CT molecular complexity index is 559. The number of carbonyl (C=O) groups is 1. The van der Waals surface area contributed by atoms with Gasteiger partial charge in [0.1, 0.15) is 11.5 Å². The summed E-state index contributed by atoms with van der Waals surface area (Å²) in [5.41, 5.74) is 2.04. The van der Waals surface area contributed by atoms with Crippen molar-refractivity contribution >= 4 is 27.7 Å². The van der Waals surface area contributed by atoms with Gasteiger partial charge >= 0.3 is 5.97 Å². The quantitative estimate of drug-likeness (QED) is 0.771. The minimum atomic E-state index is -0.312. The number of hydrogen-bond acceptors (Lipinski definition) is 3. The summed E-state index contributed by atoms with van der Waals surface area (Å²) in [5.74, 6) is 1.12. The Morgan fingerprint density at radius 3 is 2.63 bits per heavy atom. The van der Waals surface area contributed by atoms with Crippen molar-refractivity contribution in [2.45, 2.75) is 32.6 Å². The first-order chi connectivity index (χ1) is 8.85. The van der Waals surface area contributed by atoms with E-state index in [9.17, 15) is 4.79 Å². The van der Waals surface area contributed by atoms with E-state index >= 15 is 0 Å². The van der Waals surface area contributed by atoms with Crippen LogP contribution in [0.25, 0.3) is 5.76 Å². The van der Waals surface area contributed by atoms with E-state index in [1.807, 2.05) is 18.2 Å². The molecule has 0 aromatic heterocycles. The standard InChI is InChI=1S/C15H17BrO3/c1-9(17)19-14-11-6-5-10(18-4)7-12(11)15(2,3)8-13(14)16/h5-7H,8H2,1-4H3. The van der Waals surface area contributed by atoms with E-state index in [-0.39, 0.29) is 11.4 Å². The zero-order valence-corrected chi connectivity index (χ0v) is 13.1. The summed E-state index contributed by atoms with van der Waals surface area (Å²) >= 11 is 3.54. The summed E-state index contributed by atoms with van der Waals surface area (Å²) in [4.78, 5) is 11.2. The van der Waals surface area contributed by atoms with Gasteiger partial charge in [0.25, 0.3) is 0 Å². The van der Waals surface area contributed by atoms with Gasteiger partial charge in [-0.1, -0.05) is 29.8 Å². The zero-order chi connectivity index (χ0) is 14.2. The van der Waals surface area contributed by atoms with Crippen LogP contribution < -0.4 is 4.74 Å². The van der Waals surface area contributed by atoms with E-state index in [2.05, 4.69) is 29.8 Å². The molecule has 0 saturated carbocycles. The molecule has 2 rings (SSSR count). The van der Waals surface area contributed by atoms with Crippen LogP contribution in [0.2, 0.25) is 0 Å². The van der Waals surface area contributed by atoms with Crippen molar-refractivity contribution in [3.8, 4) is 5.75 Å². The molecule has 0 spiro atoms. The van der Waals surface area contributed by atoms with Gasteiger partial charge in [-0.2, -0.15) is 0 Å². The normalized spacial score (nSPS) is 16.9. The third kappa shape index (κ3) is 2.68. The van der Waals surface area contributed by atoms with Crippen molar-refractivity contribution in [1.82, 2.24) is 0 Å². The smallest absolute Gasteiger partial charge is 0.308 e. The third-order valence-corrected chi connectivity index (χ3v) is 3.93. The van der Waals surface area contributed by atoms with Crippen molar-refractivity contribution in [2.75, 3.05) is 7.11 Å². The van der Waals surface area contributed by atoms with Gasteiger partial charge in [0.2, 0.25) is 0 Å². The fraction of sp³-hybridized carbons (Fsp3) is 0.400. The van der Waals surface area contributed by atoms with Gasteiger partial charge < -0.3 is 9.47 Å². The van der Waals surface area contributed by atoms with Gasteiger partial charge in [-0.15, -0.1) is 0 Å². The maximum atomic E-state index is 11.2. The minimum Gasteiger partial charge on any atom is -0.497 e. The molecule has 0 bridgehead atoms. The second kappa shape index (κ2) is 5.00. The lowest BCUT2D eigenvalue weighted by Gasteiger charge is -2.33. The summed E-state index contributed by atoms with van der Waals surface area (Å²) in [6.45, 7) is 5.74. The molecule has 0 N–H and O–H groups in total. The van der Waals surface area contributed by atoms with Crippen LogP contribution in [0.15, 0.2) is 22.7 Å². The first-order valence-corrected chi connectivity index (χ1v) is 6.90. The van der Waals surface area contributed by atoms with Gasteiger partial charge in [-0.05, 0) is 35.6 Å². The first-order valence-electron chi connectivity index (χ1n) is 6.11. The predicted molar refractivity (Wildman–Crippen MR) is 78.3 cm³/mol. The Morgan fingerprint density at radius 2 is 2.05 bits per heavy atom. The highest BCUT2D eigenvalue weighted by Crippen LogP contribution is 2.46. The molecule has 0 heterocycles. The van der Waals surface area contributed by atoms with Crippen molar-refractivity contribution in [3.63, 3.8) is 0 Å². The Kier molecular flexibility index (Phi) is 3.72. The van der Waals surface area contributed by atoms with Crippen LogP contribution in [0.1, 0.15) is 38.3 Å². The molecule has 1 aliphatic carbocycles. The Balaban J connectivity index is 2.60. The lowest BCUT2D eigenvalue weighted by molar-refractivity contribution is -0.134. The van der Waals surface area contributed by atoms with E-state index in [0.717, 1.165) is 27.8 Å². The van der Waals surface area contributed by atoms with E-state index in [1.165, 1.54) is 6.92 Å². The number of hydrogen-bond donors (Lipinski definition) is 0. The van der Waals surface area contributed by atoms with Crippen LogP contribution in [-0.2, 0) is 14.9 Å². The molecule has 0 amide bonds. The number of methoxy groups -OCH3 is 1. The van der Waals surface area contributed by atoms with Crippen LogP contribution in [0.4, 0.5) is 0 Å². The van der Waals surface area contributed by atoms with Gasteiger partial charge in [0.05, 0.1) is 7.11 Å². The molecule has 1 aromatic carbocycles. The van der Waals surface area contributed by atoms with Crippen LogP contribution in [0, 0.1) is 0 Å². The highest BCUT2D eigenvalue weighted by atomic mass is 79.9. The number of fused-ring (bicyclic) bond motifs is 1. The number of allylic oxidation sites excluding steroid dienone is 1. The van der Waals surface area contributed by atoms with Gasteiger partial charge in [-0.25, -0.2) is 0 Å². The number of halogens is 1. The summed E-state index contributed by atoms with van der Waals surface area (Å²) < 4.78 is 11.6. The highest BCUT2D eigenvalue weighted by Gasteiger charge is 2.33. The fourth-order valence-electron chi connectivity index (χ4n) is 2.37. The average Bonchev–Trinajstić information content (AvgIpc) is 2.33. The predicted octanol–water partition coefficient (Wildman–Crippen LogP) is 4.00. The minimum absolute atomic E-state index is 0.0354. The van der Waals surface area contributed by atoms with Crippen molar-refractivity contribution in [3.05, 3.63) is 33.8 Å². The van der Waals surface area contributed by atoms with Crippen LogP contribution >= 0.6 is 15.9 Å². The molecule has 19 heavy (non-hydrogen) atoms. The lowest BCUT2D eigenvalue weighted by atomic mass is 9.75. The molecule has 1 aromatic rings. The molecule has 3 nitrogen and oxygen atoms in total. The largest absolute Gasteiger partial charge is 0.497 e. The first kappa shape index (κ1) is 14.1. The second-order valence-corrected chi connectivity index (χ2v) is 6.26. The second-order valence-electron chi connectivity index (χ2n) is 5.30. The van der Waals surface area contributed by atoms with Crippen molar-refractivity contribution in [2.24, 2.45) is 0 Å². The Labute approximate surface area is 121 Å². The maximum absolute atomic E-state index is 11.2. The van der Waals surface area contributed by atoms with Crippen LogP contribution in [-0.4, -0.2) is 13.1 Å². The van der Waals surface area contributed by atoms with Crippen LogP contribution in [0.3, 0.4) is 0 Å². The monoisotopic (exact) mass is 324 g/mol. The molecular formula is C15H17BrO3. The SMILES string of the molecule is COc1ccc2c(c1)C(C)(C)CC(Br)=C2OC(C)=O. The number of rotatable bonds is 2. The molecule has 0 unspecified atom stereocenters. The maximum Gasteiger partial charge on any atom is 0.308 e. The van der Waals surface area contributed by atoms with Crippen molar-refractivity contribution in [1.29, 1.82) is 0 Å². The summed E-state index contributed by atoms with van der Waals surface area (Å²) in [6, 6.07) is 5.83. The molecular weight excluding hydrogens is 308 g/mol. The van der Waals surface area contributed by atoms with Gasteiger partial charge in [0.15, 0.2) is 0 Å². The zero-order valence-electron chi connectivity index (χ0n) is 11.5. The van der Waals surface area contributed by atoms with Crippen LogP contribution in [0.5, 0.6) is 5.75 Å². The van der Waals surface area contributed by atoms with E-state index in [4.69, 9.17) is 9.47 Å². The highest BCUT2D eigenvalue weighted by molar-refractivity contribution is 9.11. The molecule has 4 heteroatoms. The van der Waals surface area contributed by atoms with Crippen molar-refractivity contribution < 1.29 is 14.3 Å². The summed E-state index contributed by atoms with van der Waals surface area (Å²) in [5, 5.41) is 0. The Morgan fingerprint density at radius 1 is 1.37 bits per heavy atom. The van der Waals surface area contributed by atoms with E-state index in [0.29, 0.717) is 5.76 Å². The van der Waals surface area contributed by atoms with Gasteiger partial charge in [0, 0.05) is 17.0 Å². The van der Waals surface area contributed by atoms with E-state index < -0.39 is 0 Å². The number of benzene rings is 1. The molecule has 0 fully saturated rings. The molecule has 0 radical (unpaired) electrons. The molecule has 102 valence electrons. The fourth-order valence-corrected chi connectivity index (χ4v) is 3.37. The average molecular weight is 325 g/mol. The number of carbonyl (C=O) groups excluding carboxylic acids is 1. The summed E-state index contributed by atoms with van der Waals surface area (Å²) in [6.07, 6.45) is 0.787.